The van der Waals surface area contributed by atoms with Gasteiger partial charge in [0.15, 0.2) is 0 Å². The highest BCUT2D eigenvalue weighted by molar-refractivity contribution is 6.00. The molecule has 1 N–H and O–H groups in total. The molecule has 0 unspecified atom stereocenters. The first-order valence-electron chi connectivity index (χ1n) is 9.16. The van der Waals surface area contributed by atoms with E-state index in [1.165, 1.54) is 0 Å². The van der Waals surface area contributed by atoms with Crippen LogP contribution in [0.2, 0.25) is 0 Å². The van der Waals surface area contributed by atoms with Crippen molar-refractivity contribution in [3.8, 4) is 0 Å². The molecule has 1 atom stereocenters. The van der Waals surface area contributed by atoms with Gasteiger partial charge in [0.2, 0.25) is 5.91 Å². The summed E-state index contributed by atoms with van der Waals surface area (Å²) in [5, 5.41) is 2.94. The molecule has 4 rings (SSSR count). The molecule has 134 valence electrons. The third kappa shape index (κ3) is 3.05. The number of piperidine rings is 1. The number of hydrogen-bond donors (Lipinski definition) is 1. The number of nitrogens with zero attached hydrogens (tertiary/aromatic N) is 2. The van der Waals surface area contributed by atoms with E-state index in [4.69, 9.17) is 0 Å². The smallest absolute Gasteiger partial charge is 0.321 e. The van der Waals surface area contributed by atoms with Crippen molar-refractivity contribution in [3.05, 3.63) is 60.7 Å². The number of urea groups is 1. The average molecular weight is 349 g/mol. The molecule has 0 bridgehead atoms. The number of rotatable bonds is 2. The molecule has 2 heterocycles. The molecule has 2 aromatic carbocycles. The minimum atomic E-state index is -0.442. The summed E-state index contributed by atoms with van der Waals surface area (Å²) in [5.74, 6) is 0.154. The Balaban J connectivity index is 1.48. The van der Waals surface area contributed by atoms with Gasteiger partial charge in [-0.3, -0.25) is 4.79 Å². The maximum atomic E-state index is 13.2. The lowest BCUT2D eigenvalue weighted by molar-refractivity contribution is -0.127. The van der Waals surface area contributed by atoms with Crippen LogP contribution >= 0.6 is 0 Å². The molecule has 2 fully saturated rings. The molecule has 2 aliphatic heterocycles. The Bertz CT molecular complexity index is 793. The zero-order chi connectivity index (χ0) is 18.0. The van der Waals surface area contributed by atoms with Gasteiger partial charge in [-0.1, -0.05) is 36.4 Å². The summed E-state index contributed by atoms with van der Waals surface area (Å²) in [5.41, 5.74) is 1.28. The van der Waals surface area contributed by atoms with Crippen molar-refractivity contribution >= 4 is 23.3 Å². The summed E-state index contributed by atoms with van der Waals surface area (Å²) in [6.07, 6.45) is 2.51. The fourth-order valence-electron chi connectivity index (χ4n) is 4.08. The van der Waals surface area contributed by atoms with Crippen LogP contribution in [0.5, 0.6) is 0 Å². The first kappa shape index (κ1) is 16.6. The highest BCUT2D eigenvalue weighted by Crippen LogP contribution is 2.41. The van der Waals surface area contributed by atoms with Crippen LogP contribution in [0.25, 0.3) is 0 Å². The Kier molecular flexibility index (Phi) is 4.37. The van der Waals surface area contributed by atoms with Gasteiger partial charge in [0.05, 0.1) is 5.41 Å². The van der Waals surface area contributed by atoms with E-state index in [2.05, 4.69) is 5.32 Å². The van der Waals surface area contributed by atoms with Crippen LogP contribution in [0.3, 0.4) is 0 Å². The predicted octanol–water partition coefficient (Wildman–Crippen LogP) is 3.74. The van der Waals surface area contributed by atoms with Gasteiger partial charge in [-0.25, -0.2) is 4.79 Å². The second-order valence-electron chi connectivity index (χ2n) is 7.14. The minimum absolute atomic E-state index is 0.124. The molecule has 5 nitrogen and oxygen atoms in total. The van der Waals surface area contributed by atoms with Gasteiger partial charge in [-0.15, -0.1) is 0 Å². The fourth-order valence-corrected chi connectivity index (χ4v) is 4.08. The number of hydrogen-bond acceptors (Lipinski definition) is 2. The Morgan fingerprint density at radius 1 is 0.923 bits per heavy atom. The number of para-hydroxylation sites is 2. The summed E-state index contributed by atoms with van der Waals surface area (Å²) in [6, 6.07) is 19.1. The van der Waals surface area contributed by atoms with Crippen molar-refractivity contribution in [1.29, 1.82) is 0 Å². The van der Waals surface area contributed by atoms with E-state index in [9.17, 15) is 9.59 Å². The maximum Gasteiger partial charge on any atom is 0.321 e. The number of carbonyl (C=O) groups is 2. The zero-order valence-corrected chi connectivity index (χ0v) is 14.7. The van der Waals surface area contributed by atoms with Crippen molar-refractivity contribution in [2.45, 2.75) is 19.3 Å². The second-order valence-corrected chi connectivity index (χ2v) is 7.14. The normalized spacial score (nSPS) is 22.7. The van der Waals surface area contributed by atoms with Crippen LogP contribution in [0.1, 0.15) is 19.3 Å². The van der Waals surface area contributed by atoms with Gasteiger partial charge in [-0.2, -0.15) is 0 Å². The SMILES string of the molecule is O=C(Nc1ccccc1)N1CCC[C@]2(CCN(c3ccccc3)C2=O)C1. The Morgan fingerprint density at radius 2 is 1.62 bits per heavy atom. The summed E-state index contributed by atoms with van der Waals surface area (Å²) >= 11 is 0. The molecule has 2 saturated heterocycles. The molecular weight excluding hydrogens is 326 g/mol. The molecule has 0 aliphatic carbocycles. The van der Waals surface area contributed by atoms with Crippen LogP contribution in [-0.4, -0.2) is 36.5 Å². The van der Waals surface area contributed by atoms with Gasteiger partial charge in [-0.05, 0) is 43.5 Å². The van der Waals surface area contributed by atoms with Crippen molar-refractivity contribution in [3.63, 3.8) is 0 Å². The lowest BCUT2D eigenvalue weighted by atomic mass is 9.78. The molecule has 1 spiro atoms. The predicted molar refractivity (Wildman–Crippen MR) is 102 cm³/mol. The van der Waals surface area contributed by atoms with Gasteiger partial charge >= 0.3 is 6.03 Å². The van der Waals surface area contributed by atoms with Crippen LogP contribution in [0.15, 0.2) is 60.7 Å². The molecule has 2 aliphatic rings. The largest absolute Gasteiger partial charge is 0.323 e. The Hall–Kier alpha value is -2.82. The molecule has 26 heavy (non-hydrogen) atoms. The molecule has 0 radical (unpaired) electrons. The summed E-state index contributed by atoms with van der Waals surface area (Å²) in [7, 11) is 0. The van der Waals surface area contributed by atoms with E-state index >= 15 is 0 Å². The van der Waals surface area contributed by atoms with Crippen molar-refractivity contribution in [1.82, 2.24) is 4.90 Å². The van der Waals surface area contributed by atoms with E-state index in [1.807, 2.05) is 65.6 Å². The van der Waals surface area contributed by atoms with Crippen LogP contribution in [-0.2, 0) is 4.79 Å². The van der Waals surface area contributed by atoms with E-state index in [1.54, 1.807) is 4.90 Å². The molecular formula is C21H23N3O2. The standard InChI is InChI=1S/C21H23N3O2/c25-19-21(13-15-24(19)18-10-5-2-6-11-18)12-7-14-23(16-21)20(26)22-17-8-3-1-4-9-17/h1-6,8-11H,7,12-16H2,(H,22,26)/t21-/m0/s1. The van der Waals surface area contributed by atoms with Gasteiger partial charge in [0, 0.05) is 31.0 Å². The van der Waals surface area contributed by atoms with E-state index < -0.39 is 5.41 Å². The second kappa shape index (κ2) is 6.83. The summed E-state index contributed by atoms with van der Waals surface area (Å²) in [6.45, 7) is 1.91. The maximum absolute atomic E-state index is 13.2. The topological polar surface area (TPSA) is 52.7 Å². The quantitative estimate of drug-likeness (QED) is 0.898. The number of amides is 3. The van der Waals surface area contributed by atoms with Gasteiger partial charge < -0.3 is 15.1 Å². The lowest BCUT2D eigenvalue weighted by Crippen LogP contribution is -2.51. The molecule has 0 saturated carbocycles. The van der Waals surface area contributed by atoms with Gasteiger partial charge in [0.1, 0.15) is 0 Å². The first-order valence-corrected chi connectivity index (χ1v) is 9.16. The number of anilines is 2. The van der Waals surface area contributed by atoms with Gasteiger partial charge in [0.25, 0.3) is 0 Å². The van der Waals surface area contributed by atoms with E-state index in [0.29, 0.717) is 13.1 Å². The van der Waals surface area contributed by atoms with Crippen molar-refractivity contribution in [2.75, 3.05) is 29.9 Å². The molecule has 0 aromatic heterocycles. The Morgan fingerprint density at radius 3 is 2.35 bits per heavy atom. The van der Waals surface area contributed by atoms with Crippen molar-refractivity contribution in [2.24, 2.45) is 5.41 Å². The lowest BCUT2D eigenvalue weighted by Gasteiger charge is -2.39. The first-order chi connectivity index (χ1) is 12.7. The van der Waals surface area contributed by atoms with Crippen LogP contribution in [0.4, 0.5) is 16.2 Å². The molecule has 5 heteroatoms. The fraction of sp³-hybridized carbons (Fsp3) is 0.333. The monoisotopic (exact) mass is 349 g/mol. The third-order valence-corrected chi connectivity index (χ3v) is 5.47. The number of nitrogens with one attached hydrogen (secondary N) is 1. The molecule has 3 amide bonds. The number of carbonyl (C=O) groups excluding carboxylic acids is 2. The van der Waals surface area contributed by atoms with E-state index in [0.717, 1.165) is 37.2 Å². The summed E-state index contributed by atoms with van der Waals surface area (Å²) in [4.78, 5) is 29.5. The van der Waals surface area contributed by atoms with Crippen LogP contribution < -0.4 is 10.2 Å². The zero-order valence-electron chi connectivity index (χ0n) is 14.7. The third-order valence-electron chi connectivity index (χ3n) is 5.47. The Labute approximate surface area is 153 Å². The number of likely N-dealkylation sites (tertiary alicyclic amines) is 1. The minimum Gasteiger partial charge on any atom is -0.323 e. The van der Waals surface area contributed by atoms with Crippen LogP contribution in [0, 0.1) is 5.41 Å². The highest BCUT2D eigenvalue weighted by Gasteiger charge is 2.50. The average Bonchev–Trinajstić information content (AvgIpc) is 2.99. The highest BCUT2D eigenvalue weighted by atomic mass is 16.2. The summed E-state index contributed by atoms with van der Waals surface area (Å²) < 4.78 is 0. The van der Waals surface area contributed by atoms with E-state index in [-0.39, 0.29) is 11.9 Å². The van der Waals surface area contributed by atoms with Crippen molar-refractivity contribution < 1.29 is 9.59 Å². The molecule has 2 aromatic rings. The number of benzene rings is 2.